The molecule has 0 aliphatic carbocycles. The van der Waals surface area contributed by atoms with Gasteiger partial charge in [0.1, 0.15) is 5.75 Å². The van der Waals surface area contributed by atoms with Gasteiger partial charge in [0.05, 0.1) is 0 Å². The Hall–Kier alpha value is -1.02. The molecule has 1 aliphatic rings. The minimum absolute atomic E-state index is 0.334. The van der Waals surface area contributed by atoms with E-state index in [9.17, 15) is 5.11 Å². The molecule has 1 saturated heterocycles. The van der Waals surface area contributed by atoms with Gasteiger partial charge in [-0.25, -0.2) is 0 Å². The van der Waals surface area contributed by atoms with Crippen LogP contribution in [0.15, 0.2) is 24.3 Å². The SMILES string of the molecule is C[C@@H]1CCN[C@H]1c1ccccc1O. The van der Waals surface area contributed by atoms with Crippen LogP contribution in [0.5, 0.6) is 5.75 Å². The van der Waals surface area contributed by atoms with E-state index in [2.05, 4.69) is 12.2 Å². The number of rotatable bonds is 1. The Balaban J connectivity index is 2.29. The summed E-state index contributed by atoms with van der Waals surface area (Å²) in [7, 11) is 0. The van der Waals surface area contributed by atoms with E-state index in [1.807, 2.05) is 18.2 Å². The van der Waals surface area contributed by atoms with Crippen molar-refractivity contribution in [1.82, 2.24) is 5.32 Å². The highest BCUT2D eigenvalue weighted by Crippen LogP contribution is 2.33. The average molecular weight is 177 g/mol. The number of hydrogen-bond acceptors (Lipinski definition) is 2. The van der Waals surface area contributed by atoms with E-state index in [4.69, 9.17) is 0 Å². The molecule has 2 nitrogen and oxygen atoms in total. The van der Waals surface area contributed by atoms with Crippen molar-refractivity contribution in [3.05, 3.63) is 29.8 Å². The molecule has 1 fully saturated rings. The molecule has 0 bridgehead atoms. The van der Waals surface area contributed by atoms with Crippen molar-refractivity contribution in [1.29, 1.82) is 0 Å². The highest BCUT2D eigenvalue weighted by molar-refractivity contribution is 5.35. The first-order valence-corrected chi connectivity index (χ1v) is 4.80. The summed E-state index contributed by atoms with van der Waals surface area (Å²) in [6.07, 6.45) is 1.19. The quantitative estimate of drug-likeness (QED) is 0.688. The van der Waals surface area contributed by atoms with Crippen LogP contribution in [-0.2, 0) is 0 Å². The van der Waals surface area contributed by atoms with Gasteiger partial charge in [0.25, 0.3) is 0 Å². The monoisotopic (exact) mass is 177 g/mol. The summed E-state index contributed by atoms with van der Waals surface area (Å²) >= 11 is 0. The number of phenols is 1. The van der Waals surface area contributed by atoms with Crippen LogP contribution in [0.1, 0.15) is 24.9 Å². The predicted octanol–water partition coefficient (Wildman–Crippen LogP) is 2.06. The molecule has 0 unspecified atom stereocenters. The number of phenolic OH excluding ortho intramolecular Hbond substituents is 1. The fraction of sp³-hybridized carbons (Fsp3) is 0.455. The Morgan fingerprint density at radius 3 is 2.77 bits per heavy atom. The number of para-hydroxylation sites is 1. The van der Waals surface area contributed by atoms with Crippen LogP contribution in [0.4, 0.5) is 0 Å². The molecule has 2 atom stereocenters. The van der Waals surface area contributed by atoms with E-state index < -0.39 is 0 Å². The molecule has 0 spiro atoms. The van der Waals surface area contributed by atoms with Crippen LogP contribution >= 0.6 is 0 Å². The van der Waals surface area contributed by atoms with Gasteiger partial charge >= 0.3 is 0 Å². The van der Waals surface area contributed by atoms with Gasteiger partial charge in [-0.2, -0.15) is 0 Å². The molecule has 2 heteroatoms. The fourth-order valence-corrected chi connectivity index (χ4v) is 2.00. The van der Waals surface area contributed by atoms with E-state index in [-0.39, 0.29) is 0 Å². The summed E-state index contributed by atoms with van der Waals surface area (Å²) in [4.78, 5) is 0. The van der Waals surface area contributed by atoms with Gasteiger partial charge in [0, 0.05) is 11.6 Å². The summed E-state index contributed by atoms with van der Waals surface area (Å²) in [5, 5.41) is 13.1. The summed E-state index contributed by atoms with van der Waals surface area (Å²) in [6.45, 7) is 3.28. The maximum Gasteiger partial charge on any atom is 0.120 e. The van der Waals surface area contributed by atoms with Crippen LogP contribution in [0.25, 0.3) is 0 Å². The van der Waals surface area contributed by atoms with Gasteiger partial charge in [0.2, 0.25) is 0 Å². The van der Waals surface area contributed by atoms with Crippen LogP contribution in [0, 0.1) is 5.92 Å². The first-order chi connectivity index (χ1) is 6.29. The molecule has 1 aromatic rings. The van der Waals surface area contributed by atoms with Gasteiger partial charge in [0.15, 0.2) is 0 Å². The molecular weight excluding hydrogens is 162 g/mol. The smallest absolute Gasteiger partial charge is 0.120 e. The van der Waals surface area contributed by atoms with Gasteiger partial charge in [-0.3, -0.25) is 0 Å². The average Bonchev–Trinajstić information content (AvgIpc) is 2.52. The number of benzene rings is 1. The van der Waals surface area contributed by atoms with Crippen molar-refractivity contribution in [2.24, 2.45) is 5.92 Å². The van der Waals surface area contributed by atoms with E-state index in [0.717, 1.165) is 12.1 Å². The standard InChI is InChI=1S/C11H15NO/c1-8-6-7-12-11(8)9-4-2-3-5-10(9)13/h2-5,8,11-13H,6-7H2,1H3/t8-,11-/m1/s1. The van der Waals surface area contributed by atoms with Gasteiger partial charge < -0.3 is 10.4 Å². The molecular formula is C11H15NO. The molecule has 1 aromatic carbocycles. The molecule has 0 aromatic heterocycles. The molecule has 2 N–H and O–H groups in total. The maximum absolute atomic E-state index is 9.65. The fourth-order valence-electron chi connectivity index (χ4n) is 2.00. The Bertz CT molecular complexity index is 298. The third-order valence-corrected chi connectivity index (χ3v) is 2.80. The van der Waals surface area contributed by atoms with Crippen LogP contribution in [-0.4, -0.2) is 11.7 Å². The van der Waals surface area contributed by atoms with Crippen molar-refractivity contribution < 1.29 is 5.11 Å². The van der Waals surface area contributed by atoms with Crippen molar-refractivity contribution >= 4 is 0 Å². The molecule has 1 aliphatic heterocycles. The molecule has 0 radical (unpaired) electrons. The van der Waals surface area contributed by atoms with Crippen LogP contribution in [0.2, 0.25) is 0 Å². The van der Waals surface area contributed by atoms with Crippen LogP contribution in [0.3, 0.4) is 0 Å². The van der Waals surface area contributed by atoms with Crippen molar-refractivity contribution in [2.75, 3.05) is 6.54 Å². The zero-order chi connectivity index (χ0) is 9.26. The Morgan fingerprint density at radius 1 is 1.38 bits per heavy atom. The second-order valence-electron chi connectivity index (χ2n) is 3.76. The summed E-state index contributed by atoms with van der Waals surface area (Å²) in [6, 6.07) is 7.91. The van der Waals surface area contributed by atoms with Gasteiger partial charge in [-0.1, -0.05) is 25.1 Å². The molecule has 1 heterocycles. The third kappa shape index (κ3) is 1.54. The molecule has 13 heavy (non-hydrogen) atoms. The number of aromatic hydroxyl groups is 1. The van der Waals surface area contributed by atoms with Gasteiger partial charge in [-0.15, -0.1) is 0 Å². The zero-order valence-electron chi connectivity index (χ0n) is 7.83. The van der Waals surface area contributed by atoms with E-state index in [0.29, 0.717) is 17.7 Å². The van der Waals surface area contributed by atoms with Crippen molar-refractivity contribution in [2.45, 2.75) is 19.4 Å². The lowest BCUT2D eigenvalue weighted by Crippen LogP contribution is -2.16. The first kappa shape index (κ1) is 8.57. The second-order valence-corrected chi connectivity index (χ2v) is 3.76. The molecule has 0 amide bonds. The van der Waals surface area contributed by atoms with Crippen LogP contribution < -0.4 is 5.32 Å². The summed E-state index contributed by atoms with van der Waals surface area (Å²) in [5.41, 5.74) is 1.03. The zero-order valence-corrected chi connectivity index (χ0v) is 7.83. The van der Waals surface area contributed by atoms with Crippen molar-refractivity contribution in [3.63, 3.8) is 0 Å². The maximum atomic E-state index is 9.65. The van der Waals surface area contributed by atoms with Crippen molar-refractivity contribution in [3.8, 4) is 5.75 Å². The topological polar surface area (TPSA) is 32.3 Å². The molecule has 70 valence electrons. The second kappa shape index (κ2) is 3.38. The molecule has 2 rings (SSSR count). The summed E-state index contributed by atoms with van der Waals surface area (Å²) < 4.78 is 0. The highest BCUT2D eigenvalue weighted by atomic mass is 16.3. The highest BCUT2D eigenvalue weighted by Gasteiger charge is 2.25. The predicted molar refractivity (Wildman–Crippen MR) is 52.6 cm³/mol. The van der Waals surface area contributed by atoms with E-state index in [1.165, 1.54) is 6.42 Å². The van der Waals surface area contributed by atoms with E-state index in [1.54, 1.807) is 6.07 Å². The van der Waals surface area contributed by atoms with Gasteiger partial charge in [-0.05, 0) is 24.9 Å². The lowest BCUT2D eigenvalue weighted by molar-refractivity contribution is 0.435. The minimum atomic E-state index is 0.334. The Morgan fingerprint density at radius 2 is 2.15 bits per heavy atom. The third-order valence-electron chi connectivity index (χ3n) is 2.80. The Labute approximate surface area is 78.6 Å². The first-order valence-electron chi connectivity index (χ1n) is 4.80. The normalized spacial score (nSPS) is 27.8. The number of hydrogen-bond donors (Lipinski definition) is 2. The lowest BCUT2D eigenvalue weighted by atomic mass is 9.95. The Kier molecular flexibility index (Phi) is 2.23. The molecule has 0 saturated carbocycles. The van der Waals surface area contributed by atoms with E-state index >= 15 is 0 Å². The minimum Gasteiger partial charge on any atom is -0.508 e. The summed E-state index contributed by atoms with van der Waals surface area (Å²) in [5.74, 6) is 1.03. The lowest BCUT2D eigenvalue weighted by Gasteiger charge is -2.16. The largest absolute Gasteiger partial charge is 0.508 e. The number of nitrogens with one attached hydrogen (secondary N) is 1.